The molecule has 0 amide bonds. The molecule has 1 atom stereocenters. The first-order valence-electron chi connectivity index (χ1n) is 4.08. The Bertz CT molecular complexity index is 274. The number of esters is 1. The van der Waals surface area contributed by atoms with Crippen LogP contribution >= 0.6 is 0 Å². The maximum Gasteiger partial charge on any atom is 0.327 e. The minimum atomic E-state index is -0.728. The number of hydrogen-bond acceptors (Lipinski definition) is 4. The van der Waals surface area contributed by atoms with Crippen molar-refractivity contribution in [3.05, 3.63) is 30.1 Å². The van der Waals surface area contributed by atoms with Crippen LogP contribution in [0.15, 0.2) is 24.5 Å². The Morgan fingerprint density at radius 2 is 2.54 bits per heavy atom. The van der Waals surface area contributed by atoms with E-state index >= 15 is 0 Å². The lowest BCUT2D eigenvalue weighted by Crippen LogP contribution is -2.23. The van der Waals surface area contributed by atoms with Crippen LogP contribution < -0.4 is 5.73 Å². The van der Waals surface area contributed by atoms with Crippen molar-refractivity contribution in [3.63, 3.8) is 0 Å². The summed E-state index contributed by atoms with van der Waals surface area (Å²) in [7, 11) is 0. The fourth-order valence-corrected chi connectivity index (χ4v) is 0.928. The number of nitrogens with two attached hydrogens (primary N) is 1. The number of rotatable bonds is 3. The number of pyridine rings is 1. The second-order valence-electron chi connectivity index (χ2n) is 2.52. The van der Waals surface area contributed by atoms with Crippen LogP contribution in [0.5, 0.6) is 0 Å². The van der Waals surface area contributed by atoms with Gasteiger partial charge in [-0.15, -0.1) is 0 Å². The highest BCUT2D eigenvalue weighted by Gasteiger charge is 2.16. The summed E-state index contributed by atoms with van der Waals surface area (Å²) in [6.45, 7) is 2.08. The number of ether oxygens (including phenoxy) is 1. The average Bonchev–Trinajstić information content (AvgIpc) is 2.18. The van der Waals surface area contributed by atoms with Gasteiger partial charge in [0.1, 0.15) is 6.04 Å². The van der Waals surface area contributed by atoms with Gasteiger partial charge < -0.3 is 10.5 Å². The van der Waals surface area contributed by atoms with Crippen LogP contribution in [-0.2, 0) is 9.53 Å². The molecule has 0 aliphatic rings. The monoisotopic (exact) mass is 180 g/mol. The van der Waals surface area contributed by atoms with Crippen LogP contribution in [-0.4, -0.2) is 17.6 Å². The molecular formula is C9H12N2O2. The summed E-state index contributed by atoms with van der Waals surface area (Å²) in [5, 5.41) is 0. The molecule has 0 bridgehead atoms. The van der Waals surface area contributed by atoms with E-state index in [2.05, 4.69) is 4.98 Å². The zero-order valence-electron chi connectivity index (χ0n) is 7.43. The Hall–Kier alpha value is -1.42. The van der Waals surface area contributed by atoms with Crippen molar-refractivity contribution in [1.29, 1.82) is 0 Å². The molecule has 1 aromatic heterocycles. The molecule has 4 heteroatoms. The van der Waals surface area contributed by atoms with Gasteiger partial charge >= 0.3 is 5.97 Å². The summed E-state index contributed by atoms with van der Waals surface area (Å²) < 4.78 is 4.77. The van der Waals surface area contributed by atoms with Crippen molar-refractivity contribution >= 4 is 5.97 Å². The molecule has 1 heterocycles. The third kappa shape index (κ3) is 2.52. The Balaban J connectivity index is 2.68. The molecule has 4 nitrogen and oxygen atoms in total. The summed E-state index contributed by atoms with van der Waals surface area (Å²) in [4.78, 5) is 15.0. The molecule has 13 heavy (non-hydrogen) atoms. The first-order chi connectivity index (χ1) is 6.25. The molecule has 70 valence electrons. The normalized spacial score (nSPS) is 12.2. The lowest BCUT2D eigenvalue weighted by molar-refractivity contribution is -0.144. The molecule has 0 aliphatic carbocycles. The Morgan fingerprint density at radius 3 is 3.08 bits per heavy atom. The summed E-state index contributed by atoms with van der Waals surface area (Å²) >= 11 is 0. The maximum absolute atomic E-state index is 11.2. The van der Waals surface area contributed by atoms with Gasteiger partial charge in [0.2, 0.25) is 0 Å². The van der Waals surface area contributed by atoms with Gasteiger partial charge in [-0.2, -0.15) is 0 Å². The van der Waals surface area contributed by atoms with Crippen LogP contribution in [0.1, 0.15) is 18.5 Å². The number of carbonyl (C=O) groups excluding carboxylic acids is 1. The van der Waals surface area contributed by atoms with Gasteiger partial charge in [0.05, 0.1) is 6.61 Å². The van der Waals surface area contributed by atoms with Crippen molar-refractivity contribution in [3.8, 4) is 0 Å². The fourth-order valence-electron chi connectivity index (χ4n) is 0.928. The zero-order valence-corrected chi connectivity index (χ0v) is 7.43. The number of aromatic nitrogens is 1. The van der Waals surface area contributed by atoms with E-state index in [1.807, 2.05) is 0 Å². The molecule has 1 rings (SSSR count). The fraction of sp³-hybridized carbons (Fsp3) is 0.333. The number of carbonyl (C=O) groups is 1. The van der Waals surface area contributed by atoms with Gasteiger partial charge in [-0.3, -0.25) is 4.98 Å². The minimum absolute atomic E-state index is 0.340. The molecule has 0 spiro atoms. The van der Waals surface area contributed by atoms with Gasteiger partial charge in [-0.05, 0) is 18.6 Å². The van der Waals surface area contributed by atoms with Gasteiger partial charge in [0, 0.05) is 12.4 Å². The zero-order chi connectivity index (χ0) is 9.68. The van der Waals surface area contributed by atoms with Gasteiger partial charge in [-0.1, -0.05) is 6.07 Å². The minimum Gasteiger partial charge on any atom is -0.465 e. The SMILES string of the molecule is CCOC(=O)C(N)c1cccnc1. The third-order valence-corrected chi connectivity index (χ3v) is 1.58. The summed E-state index contributed by atoms with van der Waals surface area (Å²) in [6.07, 6.45) is 3.18. The second kappa shape index (κ2) is 4.57. The van der Waals surface area contributed by atoms with E-state index in [4.69, 9.17) is 10.5 Å². The molecular weight excluding hydrogens is 168 g/mol. The van der Waals surface area contributed by atoms with Crippen molar-refractivity contribution < 1.29 is 9.53 Å². The first-order valence-corrected chi connectivity index (χ1v) is 4.08. The first kappa shape index (κ1) is 9.67. The van der Waals surface area contributed by atoms with Crippen LogP contribution in [0.4, 0.5) is 0 Å². The Morgan fingerprint density at radius 1 is 1.77 bits per heavy atom. The number of nitrogens with zero attached hydrogens (tertiary/aromatic N) is 1. The molecule has 0 radical (unpaired) electrons. The average molecular weight is 180 g/mol. The van der Waals surface area contributed by atoms with Crippen LogP contribution in [0, 0.1) is 0 Å². The van der Waals surface area contributed by atoms with Gasteiger partial charge in [-0.25, -0.2) is 4.79 Å². The molecule has 0 saturated carbocycles. The van der Waals surface area contributed by atoms with E-state index in [0.717, 1.165) is 0 Å². The summed E-state index contributed by atoms with van der Waals surface area (Å²) in [5.41, 5.74) is 6.28. The Labute approximate surface area is 76.7 Å². The lowest BCUT2D eigenvalue weighted by Gasteiger charge is -2.09. The third-order valence-electron chi connectivity index (χ3n) is 1.58. The molecule has 0 saturated heterocycles. The van der Waals surface area contributed by atoms with Crippen molar-refractivity contribution in [1.82, 2.24) is 4.98 Å². The molecule has 1 aromatic rings. The van der Waals surface area contributed by atoms with Crippen molar-refractivity contribution in [2.45, 2.75) is 13.0 Å². The lowest BCUT2D eigenvalue weighted by atomic mass is 10.1. The molecule has 0 aromatic carbocycles. The highest BCUT2D eigenvalue weighted by Crippen LogP contribution is 2.09. The van der Waals surface area contributed by atoms with E-state index in [1.54, 1.807) is 31.5 Å². The summed E-state index contributed by atoms with van der Waals surface area (Å²) in [5.74, 6) is -0.421. The summed E-state index contributed by atoms with van der Waals surface area (Å²) in [6, 6.07) is 2.75. The largest absolute Gasteiger partial charge is 0.465 e. The maximum atomic E-state index is 11.2. The smallest absolute Gasteiger partial charge is 0.327 e. The van der Waals surface area contributed by atoms with E-state index in [1.165, 1.54) is 0 Å². The second-order valence-corrected chi connectivity index (χ2v) is 2.52. The highest BCUT2D eigenvalue weighted by molar-refractivity contribution is 5.77. The predicted octanol–water partition coefficient (Wildman–Crippen LogP) is 0.644. The number of hydrogen-bond donors (Lipinski definition) is 1. The molecule has 0 aliphatic heterocycles. The van der Waals surface area contributed by atoms with Crippen LogP contribution in [0.25, 0.3) is 0 Å². The predicted molar refractivity (Wildman–Crippen MR) is 47.8 cm³/mol. The highest BCUT2D eigenvalue weighted by atomic mass is 16.5. The molecule has 1 unspecified atom stereocenters. The molecule has 2 N–H and O–H groups in total. The van der Waals surface area contributed by atoms with Crippen molar-refractivity contribution in [2.24, 2.45) is 5.73 Å². The molecule has 0 fully saturated rings. The van der Waals surface area contributed by atoms with Gasteiger partial charge in [0.15, 0.2) is 0 Å². The van der Waals surface area contributed by atoms with E-state index in [0.29, 0.717) is 12.2 Å². The quantitative estimate of drug-likeness (QED) is 0.693. The topological polar surface area (TPSA) is 65.2 Å². The van der Waals surface area contributed by atoms with Crippen molar-refractivity contribution in [2.75, 3.05) is 6.61 Å². The van der Waals surface area contributed by atoms with E-state index in [9.17, 15) is 4.79 Å². The van der Waals surface area contributed by atoms with Gasteiger partial charge in [0.25, 0.3) is 0 Å². The Kier molecular flexibility index (Phi) is 3.40. The van der Waals surface area contributed by atoms with E-state index < -0.39 is 12.0 Å². The van der Waals surface area contributed by atoms with Crippen LogP contribution in [0.2, 0.25) is 0 Å². The standard InChI is InChI=1S/C9H12N2O2/c1-2-13-9(12)8(10)7-4-3-5-11-6-7/h3-6,8H,2,10H2,1H3. The van der Waals surface area contributed by atoms with E-state index in [-0.39, 0.29) is 0 Å². The van der Waals surface area contributed by atoms with Crippen LogP contribution in [0.3, 0.4) is 0 Å².